The van der Waals surface area contributed by atoms with Crippen LogP contribution in [-0.4, -0.2) is 17.8 Å². The van der Waals surface area contributed by atoms with Crippen molar-refractivity contribution in [1.82, 2.24) is 5.32 Å². The minimum absolute atomic E-state index is 0.245. The van der Waals surface area contributed by atoms with E-state index in [4.69, 9.17) is 0 Å². The summed E-state index contributed by atoms with van der Waals surface area (Å²) >= 11 is 3.43. The summed E-state index contributed by atoms with van der Waals surface area (Å²) in [6.45, 7) is 0.837. The minimum atomic E-state index is 0.245. The molecule has 0 spiro atoms. The third-order valence-electron chi connectivity index (χ3n) is 4.74. The predicted molar refractivity (Wildman–Crippen MR) is 85.1 cm³/mol. The molecule has 3 rings (SSSR count). The standard InChI is InChI=1S/C17H22BrNO/c18-10-4-1-5-11-19-17(20)16-14-9-8-12-6-2-3-7-13(12)15(14)16/h2-3,6-7,14-16H,1,4-5,8-11H2,(H,19,20). The highest BCUT2D eigenvalue weighted by atomic mass is 79.9. The van der Waals surface area contributed by atoms with E-state index >= 15 is 0 Å². The molecule has 0 aliphatic heterocycles. The quantitative estimate of drug-likeness (QED) is 0.624. The van der Waals surface area contributed by atoms with E-state index in [-0.39, 0.29) is 11.8 Å². The summed E-state index contributed by atoms with van der Waals surface area (Å²) in [5.74, 6) is 1.64. The first-order valence-electron chi connectivity index (χ1n) is 7.74. The number of carbonyl (C=O) groups is 1. The molecular formula is C17H22BrNO. The van der Waals surface area contributed by atoms with Crippen molar-refractivity contribution in [3.05, 3.63) is 35.4 Å². The van der Waals surface area contributed by atoms with Crippen LogP contribution >= 0.6 is 15.9 Å². The Labute approximate surface area is 129 Å². The highest BCUT2D eigenvalue weighted by molar-refractivity contribution is 9.09. The van der Waals surface area contributed by atoms with Crippen molar-refractivity contribution in [2.24, 2.45) is 11.8 Å². The molecule has 3 heteroatoms. The second-order valence-corrected chi connectivity index (χ2v) is 6.79. The van der Waals surface area contributed by atoms with E-state index in [1.807, 2.05) is 0 Å². The van der Waals surface area contributed by atoms with Crippen LogP contribution in [0.3, 0.4) is 0 Å². The van der Waals surface area contributed by atoms with E-state index in [1.165, 1.54) is 30.4 Å². The van der Waals surface area contributed by atoms with Gasteiger partial charge in [0.05, 0.1) is 0 Å². The number of unbranched alkanes of at least 4 members (excludes halogenated alkanes) is 2. The summed E-state index contributed by atoms with van der Waals surface area (Å²) < 4.78 is 0. The number of fused-ring (bicyclic) bond motifs is 3. The predicted octanol–water partition coefficient (Wildman–Crippen LogP) is 3.64. The van der Waals surface area contributed by atoms with Crippen LogP contribution in [0.5, 0.6) is 0 Å². The highest BCUT2D eigenvalue weighted by Crippen LogP contribution is 2.59. The summed E-state index contributed by atoms with van der Waals surface area (Å²) in [4.78, 5) is 12.3. The fourth-order valence-electron chi connectivity index (χ4n) is 3.65. The van der Waals surface area contributed by atoms with Gasteiger partial charge in [-0.1, -0.05) is 46.6 Å². The summed E-state index contributed by atoms with van der Waals surface area (Å²) in [5.41, 5.74) is 2.89. The van der Waals surface area contributed by atoms with Crippen LogP contribution in [0.25, 0.3) is 0 Å². The Kier molecular flexibility index (Phi) is 4.45. The lowest BCUT2D eigenvalue weighted by Gasteiger charge is -2.13. The summed E-state index contributed by atoms with van der Waals surface area (Å²) in [6.07, 6.45) is 5.80. The number of aryl methyl sites for hydroxylation is 1. The zero-order valence-electron chi connectivity index (χ0n) is 11.8. The van der Waals surface area contributed by atoms with Crippen molar-refractivity contribution in [1.29, 1.82) is 0 Å². The maximum atomic E-state index is 12.3. The zero-order chi connectivity index (χ0) is 13.9. The molecule has 1 saturated carbocycles. The van der Waals surface area contributed by atoms with Gasteiger partial charge < -0.3 is 5.32 Å². The molecule has 2 nitrogen and oxygen atoms in total. The van der Waals surface area contributed by atoms with Gasteiger partial charge in [0.25, 0.3) is 0 Å². The third kappa shape index (κ3) is 2.78. The molecule has 3 atom stereocenters. The number of nitrogens with one attached hydrogen (secondary N) is 1. The summed E-state index contributed by atoms with van der Waals surface area (Å²) in [7, 11) is 0. The average molecular weight is 336 g/mol. The van der Waals surface area contributed by atoms with Crippen molar-refractivity contribution in [3.63, 3.8) is 0 Å². The van der Waals surface area contributed by atoms with E-state index in [2.05, 4.69) is 45.5 Å². The Hall–Kier alpha value is -0.830. The highest BCUT2D eigenvalue weighted by Gasteiger charge is 2.56. The molecule has 1 aromatic rings. The Morgan fingerprint density at radius 3 is 2.95 bits per heavy atom. The van der Waals surface area contributed by atoms with Crippen LogP contribution in [0.2, 0.25) is 0 Å². The van der Waals surface area contributed by atoms with E-state index < -0.39 is 0 Å². The zero-order valence-corrected chi connectivity index (χ0v) is 13.4. The molecule has 1 aromatic carbocycles. The van der Waals surface area contributed by atoms with Gasteiger partial charge in [0, 0.05) is 17.8 Å². The first kappa shape index (κ1) is 14.1. The molecule has 1 amide bonds. The lowest BCUT2D eigenvalue weighted by atomic mass is 9.92. The minimum Gasteiger partial charge on any atom is -0.356 e. The molecule has 108 valence electrons. The normalized spacial score (nSPS) is 26.6. The van der Waals surface area contributed by atoms with Crippen molar-refractivity contribution in [2.45, 2.75) is 38.0 Å². The van der Waals surface area contributed by atoms with E-state index in [9.17, 15) is 4.79 Å². The number of benzene rings is 1. The molecule has 1 fully saturated rings. The summed E-state index contributed by atoms with van der Waals surface area (Å²) in [5, 5.41) is 4.20. The average Bonchev–Trinajstić information content (AvgIpc) is 3.22. The number of hydrogen-bond donors (Lipinski definition) is 1. The van der Waals surface area contributed by atoms with Crippen molar-refractivity contribution < 1.29 is 4.79 Å². The van der Waals surface area contributed by atoms with Gasteiger partial charge in [0.15, 0.2) is 0 Å². The second kappa shape index (κ2) is 6.30. The lowest BCUT2D eigenvalue weighted by molar-refractivity contribution is -0.122. The van der Waals surface area contributed by atoms with Crippen molar-refractivity contribution in [3.8, 4) is 0 Å². The van der Waals surface area contributed by atoms with Crippen LogP contribution in [-0.2, 0) is 11.2 Å². The Balaban J connectivity index is 1.52. The van der Waals surface area contributed by atoms with E-state index in [0.29, 0.717) is 11.8 Å². The number of alkyl halides is 1. The van der Waals surface area contributed by atoms with Crippen LogP contribution < -0.4 is 5.32 Å². The summed E-state index contributed by atoms with van der Waals surface area (Å²) in [6, 6.07) is 8.66. The topological polar surface area (TPSA) is 29.1 Å². The molecule has 1 N–H and O–H groups in total. The number of halogens is 1. The van der Waals surface area contributed by atoms with E-state index in [0.717, 1.165) is 24.7 Å². The van der Waals surface area contributed by atoms with Gasteiger partial charge in [-0.15, -0.1) is 0 Å². The van der Waals surface area contributed by atoms with Gasteiger partial charge in [0.2, 0.25) is 5.91 Å². The molecule has 0 heterocycles. The maximum Gasteiger partial charge on any atom is 0.224 e. The van der Waals surface area contributed by atoms with Gasteiger partial charge in [-0.2, -0.15) is 0 Å². The van der Waals surface area contributed by atoms with Gasteiger partial charge in [-0.25, -0.2) is 0 Å². The molecule has 2 aliphatic carbocycles. The second-order valence-electron chi connectivity index (χ2n) is 5.99. The molecule has 0 saturated heterocycles. The van der Waals surface area contributed by atoms with Crippen LogP contribution in [0.15, 0.2) is 24.3 Å². The fourth-order valence-corrected chi connectivity index (χ4v) is 4.05. The smallest absolute Gasteiger partial charge is 0.224 e. The number of carbonyl (C=O) groups excluding carboxylic acids is 1. The maximum absolute atomic E-state index is 12.3. The first-order chi connectivity index (χ1) is 9.83. The first-order valence-corrected chi connectivity index (χ1v) is 8.86. The van der Waals surface area contributed by atoms with Crippen LogP contribution in [0.4, 0.5) is 0 Å². The van der Waals surface area contributed by atoms with Crippen LogP contribution in [0.1, 0.15) is 42.7 Å². The molecule has 3 unspecified atom stereocenters. The fraction of sp³-hybridized carbons (Fsp3) is 0.588. The largest absolute Gasteiger partial charge is 0.356 e. The van der Waals surface area contributed by atoms with Crippen molar-refractivity contribution >= 4 is 21.8 Å². The molecule has 2 aliphatic rings. The number of amides is 1. The Bertz CT molecular complexity index is 488. The molecular weight excluding hydrogens is 314 g/mol. The molecule has 0 radical (unpaired) electrons. The number of hydrogen-bond acceptors (Lipinski definition) is 1. The molecule has 0 bridgehead atoms. The van der Waals surface area contributed by atoms with E-state index in [1.54, 1.807) is 0 Å². The van der Waals surface area contributed by atoms with Crippen molar-refractivity contribution in [2.75, 3.05) is 11.9 Å². The van der Waals surface area contributed by atoms with Gasteiger partial charge in [-0.05, 0) is 48.6 Å². The SMILES string of the molecule is O=C(NCCCCCBr)C1C2CCc3ccccc3C21. The van der Waals surface area contributed by atoms with Gasteiger partial charge in [-0.3, -0.25) is 4.79 Å². The molecule has 20 heavy (non-hydrogen) atoms. The van der Waals surface area contributed by atoms with Gasteiger partial charge in [0.1, 0.15) is 0 Å². The van der Waals surface area contributed by atoms with Gasteiger partial charge >= 0.3 is 0 Å². The molecule has 0 aromatic heterocycles. The lowest BCUT2D eigenvalue weighted by Crippen LogP contribution is -2.26. The van der Waals surface area contributed by atoms with Crippen LogP contribution in [0, 0.1) is 11.8 Å². The third-order valence-corrected chi connectivity index (χ3v) is 5.30. The number of rotatable bonds is 6. The monoisotopic (exact) mass is 335 g/mol. The Morgan fingerprint density at radius 1 is 1.25 bits per heavy atom. The Morgan fingerprint density at radius 2 is 2.10 bits per heavy atom.